The molecule has 4 heteroatoms. The van der Waals surface area contributed by atoms with Crippen molar-refractivity contribution in [2.45, 2.75) is 40.0 Å². The summed E-state index contributed by atoms with van der Waals surface area (Å²) in [7, 11) is 0. The van der Waals surface area contributed by atoms with Gasteiger partial charge in [0.05, 0.1) is 0 Å². The maximum absolute atomic E-state index is 12.9. The Morgan fingerprint density at radius 3 is 2.62 bits per heavy atom. The molecule has 0 spiro atoms. The summed E-state index contributed by atoms with van der Waals surface area (Å²) < 4.78 is 0. The highest BCUT2D eigenvalue weighted by Crippen LogP contribution is 2.38. The van der Waals surface area contributed by atoms with Gasteiger partial charge in [0.1, 0.15) is 0 Å². The number of nitrogens with one attached hydrogen (secondary N) is 2. The Hall–Kier alpha value is -1.55. The predicted molar refractivity (Wildman–Crippen MR) is 110 cm³/mol. The van der Waals surface area contributed by atoms with Crippen molar-refractivity contribution in [1.29, 1.82) is 0 Å². The van der Waals surface area contributed by atoms with Gasteiger partial charge in [-0.05, 0) is 36.2 Å². The Labute approximate surface area is 159 Å². The van der Waals surface area contributed by atoms with E-state index in [9.17, 15) is 4.79 Å². The largest absolute Gasteiger partial charge is 0.369 e. The lowest BCUT2D eigenvalue weighted by molar-refractivity contribution is -0.129. The van der Waals surface area contributed by atoms with Crippen molar-refractivity contribution in [3.63, 3.8) is 0 Å². The van der Waals surface area contributed by atoms with Crippen LogP contribution in [0, 0.1) is 23.7 Å². The van der Waals surface area contributed by atoms with Crippen molar-refractivity contribution >= 4 is 5.91 Å². The van der Waals surface area contributed by atoms with Crippen molar-refractivity contribution in [3.05, 3.63) is 36.6 Å². The van der Waals surface area contributed by atoms with Crippen LogP contribution in [-0.2, 0) is 4.79 Å². The third-order valence-electron chi connectivity index (χ3n) is 6.00. The lowest BCUT2D eigenvalue weighted by atomic mass is 9.70. The molecule has 26 heavy (non-hydrogen) atoms. The maximum Gasteiger partial charge on any atom is 0.223 e. The zero-order chi connectivity index (χ0) is 19.1. The second-order valence-corrected chi connectivity index (χ2v) is 8.26. The van der Waals surface area contributed by atoms with E-state index in [0.717, 1.165) is 43.9 Å². The Morgan fingerprint density at radius 1 is 1.31 bits per heavy atom. The van der Waals surface area contributed by atoms with E-state index in [-0.39, 0.29) is 11.8 Å². The number of allylic oxidation sites excluding steroid dienone is 2. The van der Waals surface area contributed by atoms with Crippen LogP contribution in [0.15, 0.2) is 36.6 Å². The molecule has 0 radical (unpaired) electrons. The van der Waals surface area contributed by atoms with Gasteiger partial charge in [-0.15, -0.1) is 0 Å². The molecule has 1 aliphatic heterocycles. The Bertz CT molecular complexity index is 532. The van der Waals surface area contributed by atoms with Crippen LogP contribution in [0.3, 0.4) is 0 Å². The summed E-state index contributed by atoms with van der Waals surface area (Å²) in [6.07, 6.45) is 7.18. The molecule has 1 aliphatic carbocycles. The first-order chi connectivity index (χ1) is 12.4. The van der Waals surface area contributed by atoms with Crippen molar-refractivity contribution in [3.8, 4) is 0 Å². The zero-order valence-electron chi connectivity index (χ0n) is 16.9. The molecule has 2 fully saturated rings. The van der Waals surface area contributed by atoms with E-state index in [4.69, 9.17) is 0 Å². The van der Waals surface area contributed by atoms with Crippen LogP contribution in [0.5, 0.6) is 0 Å². The van der Waals surface area contributed by atoms with E-state index in [2.05, 4.69) is 49.5 Å². The molecule has 1 saturated carbocycles. The smallest absolute Gasteiger partial charge is 0.223 e. The summed E-state index contributed by atoms with van der Waals surface area (Å²) >= 11 is 0. The van der Waals surface area contributed by atoms with Crippen molar-refractivity contribution in [2.24, 2.45) is 23.7 Å². The lowest BCUT2D eigenvalue weighted by Crippen LogP contribution is -2.44. The summed E-state index contributed by atoms with van der Waals surface area (Å²) in [5.41, 5.74) is 2.06. The van der Waals surface area contributed by atoms with Crippen LogP contribution in [0.1, 0.15) is 40.0 Å². The van der Waals surface area contributed by atoms with E-state index in [1.165, 1.54) is 12.8 Å². The minimum atomic E-state index is 0.135. The molecule has 0 bridgehead atoms. The molecule has 0 aromatic heterocycles. The van der Waals surface area contributed by atoms with Crippen LogP contribution in [0.2, 0.25) is 0 Å². The minimum absolute atomic E-state index is 0.135. The maximum atomic E-state index is 12.9. The molecule has 1 saturated heterocycles. The summed E-state index contributed by atoms with van der Waals surface area (Å²) in [5.74, 6) is 2.03. The normalized spacial score (nSPS) is 27.3. The summed E-state index contributed by atoms with van der Waals surface area (Å²) in [4.78, 5) is 15.2. The predicted octanol–water partition coefficient (Wildman–Crippen LogP) is 3.34. The van der Waals surface area contributed by atoms with Crippen molar-refractivity contribution < 1.29 is 4.79 Å². The van der Waals surface area contributed by atoms with Gasteiger partial charge < -0.3 is 15.5 Å². The molecule has 2 N–H and O–H groups in total. The van der Waals surface area contributed by atoms with Gasteiger partial charge >= 0.3 is 0 Å². The number of hydrogen-bond acceptors (Lipinski definition) is 3. The molecule has 3 atom stereocenters. The highest BCUT2D eigenvalue weighted by atomic mass is 16.1. The van der Waals surface area contributed by atoms with Gasteiger partial charge in [-0.1, -0.05) is 52.5 Å². The number of rotatable bonds is 7. The molecule has 1 amide bonds. The number of piperazine rings is 1. The minimum Gasteiger partial charge on any atom is -0.369 e. The van der Waals surface area contributed by atoms with Gasteiger partial charge in [0, 0.05) is 44.3 Å². The second kappa shape index (κ2) is 9.96. The van der Waals surface area contributed by atoms with Gasteiger partial charge in [-0.3, -0.25) is 4.79 Å². The third kappa shape index (κ3) is 5.47. The number of carbonyl (C=O) groups is 1. The van der Waals surface area contributed by atoms with Gasteiger partial charge in [0.15, 0.2) is 0 Å². The van der Waals surface area contributed by atoms with Crippen molar-refractivity contribution in [2.75, 3.05) is 32.7 Å². The molecule has 0 unspecified atom stereocenters. The van der Waals surface area contributed by atoms with E-state index in [0.29, 0.717) is 24.3 Å². The van der Waals surface area contributed by atoms with Crippen LogP contribution in [0.4, 0.5) is 0 Å². The van der Waals surface area contributed by atoms with Gasteiger partial charge in [-0.25, -0.2) is 0 Å². The molecule has 1 heterocycles. The topological polar surface area (TPSA) is 44.4 Å². The Balaban J connectivity index is 1.98. The first-order valence-electron chi connectivity index (χ1n) is 10.2. The first kappa shape index (κ1) is 20.8. The standard InChI is InChI=1S/C22H37N3O/c1-6-7-19(18(5)25-12-10-23-11-13-25)15-24-22(26)21-14-17(4)8-9-20(21)16(2)3/h6-7,16-17,20-21,23H,1,5,8-15H2,2-4H3,(H,24,26)/b19-7-/t17-,20+,21-/m1/s1. The summed E-state index contributed by atoms with van der Waals surface area (Å²) in [6.45, 7) is 19.3. The summed E-state index contributed by atoms with van der Waals surface area (Å²) in [5, 5.41) is 6.57. The molecule has 146 valence electrons. The highest BCUT2D eigenvalue weighted by Gasteiger charge is 2.35. The molecule has 0 aromatic rings. The van der Waals surface area contributed by atoms with Gasteiger partial charge in [0.2, 0.25) is 5.91 Å². The van der Waals surface area contributed by atoms with Gasteiger partial charge in [-0.2, -0.15) is 0 Å². The number of hydrogen-bond donors (Lipinski definition) is 2. The van der Waals surface area contributed by atoms with E-state index < -0.39 is 0 Å². The van der Waals surface area contributed by atoms with Crippen LogP contribution in [-0.4, -0.2) is 43.5 Å². The fraction of sp³-hybridized carbons (Fsp3) is 0.682. The summed E-state index contributed by atoms with van der Waals surface area (Å²) in [6, 6.07) is 0. The van der Waals surface area contributed by atoms with E-state index >= 15 is 0 Å². The molecule has 2 aliphatic rings. The lowest BCUT2D eigenvalue weighted by Gasteiger charge is -2.36. The molecule has 0 aromatic carbocycles. The van der Waals surface area contributed by atoms with Gasteiger partial charge in [0.25, 0.3) is 0 Å². The average molecular weight is 360 g/mol. The zero-order valence-corrected chi connectivity index (χ0v) is 16.9. The molecular formula is C22H37N3O. The van der Waals surface area contributed by atoms with Crippen LogP contribution in [0.25, 0.3) is 0 Å². The van der Waals surface area contributed by atoms with E-state index in [1.54, 1.807) is 6.08 Å². The number of carbonyl (C=O) groups excluding carboxylic acids is 1. The third-order valence-corrected chi connectivity index (χ3v) is 6.00. The van der Waals surface area contributed by atoms with E-state index in [1.807, 2.05) is 6.08 Å². The average Bonchev–Trinajstić information content (AvgIpc) is 2.64. The fourth-order valence-corrected chi connectivity index (χ4v) is 4.35. The monoisotopic (exact) mass is 359 g/mol. The Kier molecular flexibility index (Phi) is 7.95. The fourth-order valence-electron chi connectivity index (χ4n) is 4.35. The molecular weight excluding hydrogens is 322 g/mol. The van der Waals surface area contributed by atoms with Crippen LogP contribution >= 0.6 is 0 Å². The Morgan fingerprint density at radius 2 is 2.00 bits per heavy atom. The van der Waals surface area contributed by atoms with Crippen molar-refractivity contribution in [1.82, 2.24) is 15.5 Å². The SMILES string of the molecule is C=C/C=C(/CNC(=O)[C@@H]1C[C@H](C)CC[C@H]1C(C)C)C(=C)N1CCNCC1. The second-order valence-electron chi connectivity index (χ2n) is 8.26. The van der Waals surface area contributed by atoms with Crippen LogP contribution < -0.4 is 10.6 Å². The molecule has 2 rings (SSSR count). The number of amides is 1. The first-order valence-corrected chi connectivity index (χ1v) is 10.2. The number of nitrogens with zero attached hydrogens (tertiary/aromatic N) is 1. The molecule has 4 nitrogen and oxygen atoms in total. The quantitative estimate of drug-likeness (QED) is 0.685. The highest BCUT2D eigenvalue weighted by molar-refractivity contribution is 5.79.